The van der Waals surface area contributed by atoms with Gasteiger partial charge in [0.2, 0.25) is 0 Å². The molecule has 142 valence electrons. The van der Waals surface area contributed by atoms with Crippen molar-refractivity contribution in [3.8, 4) is 16.9 Å². The summed E-state index contributed by atoms with van der Waals surface area (Å²) in [6.45, 7) is 0. The minimum absolute atomic E-state index is 0.568. The predicted octanol–water partition coefficient (Wildman–Crippen LogP) is 6.64. The van der Waals surface area contributed by atoms with E-state index in [2.05, 4.69) is 0 Å². The average Bonchev–Trinajstić information content (AvgIpc) is 2.71. The smallest absolute Gasteiger partial charge is 0.189 e. The van der Waals surface area contributed by atoms with Gasteiger partial charge in [-0.3, -0.25) is 4.18 Å². The Hall–Kier alpha value is -2.11. The molecule has 28 heavy (non-hydrogen) atoms. The zero-order valence-corrected chi connectivity index (χ0v) is 17.5. The zero-order valence-electron chi connectivity index (χ0n) is 15.2. The first kappa shape index (κ1) is 19.2. The molecule has 1 unspecified atom stereocenters. The molecule has 0 spiro atoms. The van der Waals surface area contributed by atoms with Crippen LogP contribution in [0.4, 0.5) is 0 Å². The number of fused-ring (bicyclic) bond motifs is 2. The van der Waals surface area contributed by atoms with Crippen molar-refractivity contribution >= 4 is 55.8 Å². The Morgan fingerprint density at radius 3 is 1.89 bits per heavy atom. The molecule has 0 aliphatic rings. The molecular weight excluding hydrogens is 415 g/mol. The van der Waals surface area contributed by atoms with Crippen molar-refractivity contribution in [2.24, 2.45) is 0 Å². The fraction of sp³-hybridized carbons (Fsp3) is 0.0909. The highest BCUT2D eigenvalue weighted by atomic mass is 35.5. The van der Waals surface area contributed by atoms with Crippen LogP contribution in [0.5, 0.6) is 5.75 Å². The Morgan fingerprint density at radius 2 is 1.32 bits per heavy atom. The Balaban J connectivity index is 2.21. The second-order valence-corrected chi connectivity index (χ2v) is 8.33. The molecule has 4 aromatic rings. The molecule has 0 aliphatic carbocycles. The second-order valence-electron chi connectivity index (χ2n) is 6.21. The van der Waals surface area contributed by atoms with E-state index in [4.69, 9.17) is 32.1 Å². The van der Waals surface area contributed by atoms with Gasteiger partial charge in [0.15, 0.2) is 11.1 Å². The number of ether oxygens (including phenoxy) is 1. The molecule has 6 heteroatoms. The van der Waals surface area contributed by atoms with Crippen LogP contribution in [0.1, 0.15) is 0 Å². The van der Waals surface area contributed by atoms with Gasteiger partial charge in [0.25, 0.3) is 0 Å². The second kappa shape index (κ2) is 7.72. The van der Waals surface area contributed by atoms with Crippen LogP contribution < -0.4 is 4.74 Å². The number of hydrogen-bond donors (Lipinski definition) is 0. The molecule has 0 aromatic heterocycles. The Morgan fingerprint density at radius 1 is 0.750 bits per heavy atom. The van der Waals surface area contributed by atoms with Crippen LogP contribution in [-0.4, -0.2) is 18.4 Å². The SMILES string of the molecule is COc1ccc2cc(Cl)ccc2c1-c1c(S(=O)OC)ccc2cc(Cl)ccc12. The molecule has 0 N–H and O–H groups in total. The predicted molar refractivity (Wildman–Crippen MR) is 117 cm³/mol. The van der Waals surface area contributed by atoms with E-state index in [1.807, 2.05) is 60.7 Å². The van der Waals surface area contributed by atoms with Crippen LogP contribution in [0, 0.1) is 0 Å². The van der Waals surface area contributed by atoms with E-state index in [1.165, 1.54) is 7.11 Å². The van der Waals surface area contributed by atoms with Crippen LogP contribution in [0.25, 0.3) is 32.7 Å². The number of hydrogen-bond acceptors (Lipinski definition) is 3. The number of methoxy groups -OCH3 is 1. The first-order chi connectivity index (χ1) is 13.5. The monoisotopic (exact) mass is 430 g/mol. The van der Waals surface area contributed by atoms with E-state index in [0.29, 0.717) is 20.7 Å². The van der Waals surface area contributed by atoms with Crippen molar-refractivity contribution in [2.45, 2.75) is 4.90 Å². The van der Waals surface area contributed by atoms with E-state index in [-0.39, 0.29) is 0 Å². The van der Waals surface area contributed by atoms with Gasteiger partial charge in [-0.15, -0.1) is 0 Å². The fourth-order valence-corrected chi connectivity index (χ4v) is 4.57. The molecule has 0 radical (unpaired) electrons. The summed E-state index contributed by atoms with van der Waals surface area (Å²) in [6.07, 6.45) is 0. The fourth-order valence-electron chi connectivity index (χ4n) is 3.48. The summed E-state index contributed by atoms with van der Waals surface area (Å²) in [5.74, 6) is 0.673. The highest BCUT2D eigenvalue weighted by Crippen LogP contribution is 2.44. The summed E-state index contributed by atoms with van der Waals surface area (Å²) in [7, 11) is 3.04. The van der Waals surface area contributed by atoms with Crippen molar-refractivity contribution in [2.75, 3.05) is 14.2 Å². The zero-order chi connectivity index (χ0) is 19.8. The average molecular weight is 431 g/mol. The Kier molecular flexibility index (Phi) is 5.30. The largest absolute Gasteiger partial charge is 0.496 e. The molecule has 0 saturated heterocycles. The molecule has 1 atom stereocenters. The molecule has 0 amide bonds. The lowest BCUT2D eigenvalue weighted by Crippen LogP contribution is -1.99. The van der Waals surface area contributed by atoms with Gasteiger partial charge in [-0.05, 0) is 57.9 Å². The van der Waals surface area contributed by atoms with E-state index in [0.717, 1.165) is 32.7 Å². The van der Waals surface area contributed by atoms with Gasteiger partial charge in [0, 0.05) is 21.2 Å². The lowest BCUT2D eigenvalue weighted by atomic mass is 9.93. The van der Waals surface area contributed by atoms with Gasteiger partial charge >= 0.3 is 0 Å². The standard InChI is InChI=1S/C22H16Cl2O3S/c1-26-19-9-3-13-11-15(23)5-7-17(13)21(19)22-18-8-6-16(24)12-14(18)4-10-20(22)28(25)27-2/h3-12H,1-2H3. The Bertz CT molecular complexity index is 1240. The summed E-state index contributed by atoms with van der Waals surface area (Å²) in [5.41, 5.74) is 1.63. The summed E-state index contributed by atoms with van der Waals surface area (Å²) in [4.78, 5) is 0.568. The van der Waals surface area contributed by atoms with Gasteiger partial charge in [-0.25, -0.2) is 4.21 Å². The highest BCUT2D eigenvalue weighted by Gasteiger charge is 2.21. The van der Waals surface area contributed by atoms with Gasteiger partial charge in [0.1, 0.15) is 5.75 Å². The third-order valence-corrected chi connectivity index (χ3v) is 6.16. The quantitative estimate of drug-likeness (QED) is 0.363. The molecule has 0 saturated carbocycles. The van der Waals surface area contributed by atoms with E-state index < -0.39 is 11.1 Å². The number of benzene rings is 4. The number of halogens is 2. The maximum atomic E-state index is 12.7. The van der Waals surface area contributed by atoms with Gasteiger partial charge in [0.05, 0.1) is 19.1 Å². The van der Waals surface area contributed by atoms with Gasteiger partial charge in [-0.1, -0.05) is 47.5 Å². The first-order valence-electron chi connectivity index (χ1n) is 8.48. The van der Waals surface area contributed by atoms with Crippen molar-refractivity contribution in [1.29, 1.82) is 0 Å². The third-order valence-electron chi connectivity index (χ3n) is 4.69. The molecule has 0 bridgehead atoms. The van der Waals surface area contributed by atoms with Crippen LogP contribution in [-0.2, 0) is 15.3 Å². The molecular formula is C22H16Cl2O3S. The molecule has 0 fully saturated rings. The van der Waals surface area contributed by atoms with Crippen LogP contribution >= 0.6 is 23.2 Å². The maximum absolute atomic E-state index is 12.7. The first-order valence-corrected chi connectivity index (χ1v) is 10.3. The topological polar surface area (TPSA) is 35.5 Å². The lowest BCUT2D eigenvalue weighted by Gasteiger charge is -2.18. The molecule has 0 aliphatic heterocycles. The molecule has 3 nitrogen and oxygen atoms in total. The molecule has 4 rings (SSSR count). The summed E-state index contributed by atoms with van der Waals surface area (Å²) >= 11 is 10.8. The Labute approximate surface area is 175 Å². The molecule has 0 heterocycles. The van der Waals surface area contributed by atoms with Crippen LogP contribution in [0.3, 0.4) is 0 Å². The van der Waals surface area contributed by atoms with Gasteiger partial charge in [-0.2, -0.15) is 0 Å². The highest BCUT2D eigenvalue weighted by molar-refractivity contribution is 7.80. The minimum Gasteiger partial charge on any atom is -0.496 e. The summed E-state index contributed by atoms with van der Waals surface area (Å²) in [5, 5.41) is 5.04. The normalized spacial score (nSPS) is 12.4. The summed E-state index contributed by atoms with van der Waals surface area (Å²) < 4.78 is 23.5. The van der Waals surface area contributed by atoms with Crippen LogP contribution in [0.2, 0.25) is 10.0 Å². The van der Waals surface area contributed by atoms with Gasteiger partial charge < -0.3 is 4.74 Å². The lowest BCUT2D eigenvalue weighted by molar-refractivity contribution is 0.417. The van der Waals surface area contributed by atoms with Crippen molar-refractivity contribution < 1.29 is 13.1 Å². The van der Waals surface area contributed by atoms with E-state index in [1.54, 1.807) is 7.11 Å². The minimum atomic E-state index is -1.64. The maximum Gasteiger partial charge on any atom is 0.189 e. The third kappa shape index (κ3) is 3.27. The van der Waals surface area contributed by atoms with Crippen molar-refractivity contribution in [3.63, 3.8) is 0 Å². The van der Waals surface area contributed by atoms with Crippen molar-refractivity contribution in [3.05, 3.63) is 70.7 Å². The number of rotatable bonds is 4. The molecule has 4 aromatic carbocycles. The van der Waals surface area contributed by atoms with Crippen molar-refractivity contribution in [1.82, 2.24) is 0 Å². The van der Waals surface area contributed by atoms with Crippen LogP contribution in [0.15, 0.2) is 65.6 Å². The van der Waals surface area contributed by atoms with E-state index in [9.17, 15) is 4.21 Å². The van der Waals surface area contributed by atoms with E-state index >= 15 is 0 Å². The summed E-state index contributed by atoms with van der Waals surface area (Å²) in [6, 6.07) is 18.9.